The molecule has 2 heterocycles. The van der Waals surface area contributed by atoms with Crippen molar-refractivity contribution in [3.05, 3.63) is 54.1 Å². The van der Waals surface area contributed by atoms with Crippen molar-refractivity contribution < 1.29 is 35.5 Å². The molecule has 3 aromatic rings. The van der Waals surface area contributed by atoms with Crippen LogP contribution in [0.15, 0.2) is 57.8 Å². The van der Waals surface area contributed by atoms with Gasteiger partial charge in [-0.15, -0.1) is 5.10 Å². The number of carbonyl (C=O) groups is 1. The molecule has 1 N–H and O–H groups in total. The van der Waals surface area contributed by atoms with Crippen LogP contribution in [-0.4, -0.2) is 48.5 Å². The molecular weight excluding hydrogens is 477 g/mol. The third kappa shape index (κ3) is 4.75. The van der Waals surface area contributed by atoms with Crippen molar-refractivity contribution in [3.63, 3.8) is 0 Å². The van der Waals surface area contributed by atoms with E-state index in [-0.39, 0.29) is 28.9 Å². The van der Waals surface area contributed by atoms with Gasteiger partial charge < -0.3 is 9.15 Å². The number of methoxy groups -OCH3 is 1. The van der Waals surface area contributed by atoms with Gasteiger partial charge in [0.05, 0.1) is 17.6 Å². The molecule has 1 aromatic heterocycles. The van der Waals surface area contributed by atoms with Crippen molar-refractivity contribution in [3.8, 4) is 17.2 Å². The van der Waals surface area contributed by atoms with E-state index in [4.69, 9.17) is 9.15 Å². The highest BCUT2D eigenvalue weighted by Gasteiger charge is 2.40. The minimum atomic E-state index is -4.48. The molecule has 180 valence electrons. The summed E-state index contributed by atoms with van der Waals surface area (Å²) in [6, 6.07) is 8.62. The standard InChI is InChI=1S/C21H19F3N4O5S/c1-32-15-8-10-16(11-9-15)34(30,31)28-12-2-3-17(28)18(29)25-20-27-26-19(33-20)13-4-6-14(7-5-13)21(22,23)24/h4-11,17H,2-3,12H2,1H3,(H,25,27,29). The van der Waals surface area contributed by atoms with Gasteiger partial charge in [-0.2, -0.15) is 17.5 Å². The predicted molar refractivity (Wildman–Crippen MR) is 113 cm³/mol. The first-order chi connectivity index (χ1) is 16.1. The summed E-state index contributed by atoms with van der Waals surface area (Å²) in [4.78, 5) is 12.8. The number of aromatic nitrogens is 2. The molecule has 0 saturated carbocycles. The Morgan fingerprint density at radius 2 is 1.79 bits per heavy atom. The Hall–Kier alpha value is -3.45. The molecular formula is C21H19F3N4O5S. The topological polar surface area (TPSA) is 115 Å². The van der Waals surface area contributed by atoms with Gasteiger partial charge in [-0.1, -0.05) is 5.10 Å². The number of sulfonamides is 1. The van der Waals surface area contributed by atoms with E-state index in [0.717, 1.165) is 16.4 Å². The minimum Gasteiger partial charge on any atom is -0.497 e. The Morgan fingerprint density at radius 3 is 2.41 bits per heavy atom. The highest BCUT2D eigenvalue weighted by molar-refractivity contribution is 7.89. The zero-order chi connectivity index (χ0) is 24.5. The molecule has 0 aliphatic carbocycles. The average molecular weight is 496 g/mol. The van der Waals surface area contributed by atoms with E-state index < -0.39 is 33.7 Å². The van der Waals surface area contributed by atoms with Gasteiger partial charge in [0.25, 0.3) is 0 Å². The summed E-state index contributed by atoms with van der Waals surface area (Å²) in [6.07, 6.45) is -3.71. The maximum absolute atomic E-state index is 13.1. The van der Waals surface area contributed by atoms with Crippen LogP contribution in [-0.2, 0) is 21.0 Å². The van der Waals surface area contributed by atoms with Gasteiger partial charge >= 0.3 is 12.2 Å². The largest absolute Gasteiger partial charge is 0.497 e. The molecule has 0 radical (unpaired) electrons. The van der Waals surface area contributed by atoms with Gasteiger partial charge in [-0.25, -0.2) is 8.42 Å². The van der Waals surface area contributed by atoms with Crippen LogP contribution < -0.4 is 10.1 Å². The van der Waals surface area contributed by atoms with Crippen molar-refractivity contribution in [1.29, 1.82) is 0 Å². The predicted octanol–water partition coefficient (Wildman–Crippen LogP) is 3.56. The summed E-state index contributed by atoms with van der Waals surface area (Å²) in [5.41, 5.74) is -0.603. The van der Waals surface area contributed by atoms with Crippen LogP contribution in [0.2, 0.25) is 0 Å². The minimum absolute atomic E-state index is 0.0235. The Bertz CT molecular complexity index is 1270. The summed E-state index contributed by atoms with van der Waals surface area (Å²) in [7, 11) is -2.48. The van der Waals surface area contributed by atoms with Crippen LogP contribution in [0, 0.1) is 0 Å². The van der Waals surface area contributed by atoms with Gasteiger partial charge in [0, 0.05) is 12.1 Å². The van der Waals surface area contributed by atoms with Crippen LogP contribution in [0.25, 0.3) is 11.5 Å². The van der Waals surface area contributed by atoms with E-state index in [2.05, 4.69) is 15.5 Å². The molecule has 1 aliphatic heterocycles. The summed E-state index contributed by atoms with van der Waals surface area (Å²) in [6.45, 7) is 0.160. The summed E-state index contributed by atoms with van der Waals surface area (Å²) < 4.78 is 75.8. The molecule has 0 spiro atoms. The van der Waals surface area contributed by atoms with Crippen LogP contribution >= 0.6 is 0 Å². The second kappa shape index (κ2) is 9.06. The number of hydrogen-bond donors (Lipinski definition) is 1. The third-order valence-corrected chi connectivity index (χ3v) is 7.21. The van der Waals surface area contributed by atoms with Crippen molar-refractivity contribution in [2.45, 2.75) is 30.0 Å². The van der Waals surface area contributed by atoms with Gasteiger partial charge in [0.15, 0.2) is 0 Å². The van der Waals surface area contributed by atoms with E-state index >= 15 is 0 Å². The van der Waals surface area contributed by atoms with Gasteiger partial charge in [0.1, 0.15) is 11.8 Å². The number of nitrogens with zero attached hydrogens (tertiary/aromatic N) is 3. The highest BCUT2D eigenvalue weighted by Crippen LogP contribution is 2.31. The van der Waals surface area contributed by atoms with Crippen molar-refractivity contribution in [2.24, 2.45) is 0 Å². The smallest absolute Gasteiger partial charge is 0.416 e. The lowest BCUT2D eigenvalue weighted by atomic mass is 10.1. The number of benzene rings is 2. The first-order valence-electron chi connectivity index (χ1n) is 10.1. The highest BCUT2D eigenvalue weighted by atomic mass is 32.2. The van der Waals surface area contributed by atoms with Gasteiger partial charge in [-0.3, -0.25) is 10.1 Å². The lowest BCUT2D eigenvalue weighted by molar-refractivity contribution is -0.137. The van der Waals surface area contributed by atoms with E-state index in [1.165, 1.54) is 43.5 Å². The van der Waals surface area contributed by atoms with Crippen molar-refractivity contribution in [1.82, 2.24) is 14.5 Å². The monoisotopic (exact) mass is 496 g/mol. The Morgan fingerprint density at radius 1 is 1.12 bits per heavy atom. The number of nitrogens with one attached hydrogen (secondary N) is 1. The Labute approximate surface area is 192 Å². The maximum Gasteiger partial charge on any atom is 0.416 e. The number of amides is 1. The molecule has 34 heavy (non-hydrogen) atoms. The third-order valence-electron chi connectivity index (χ3n) is 5.29. The molecule has 4 rings (SSSR count). The molecule has 1 atom stereocenters. The normalized spacial score (nSPS) is 17.0. The quantitative estimate of drug-likeness (QED) is 0.555. The lowest BCUT2D eigenvalue weighted by Crippen LogP contribution is -2.43. The SMILES string of the molecule is COc1ccc(S(=O)(=O)N2CCCC2C(=O)Nc2nnc(-c3ccc(C(F)(F)F)cc3)o2)cc1. The number of carbonyl (C=O) groups excluding carboxylic acids is 1. The molecule has 2 aromatic carbocycles. The Balaban J connectivity index is 1.47. The molecule has 13 heteroatoms. The fourth-order valence-electron chi connectivity index (χ4n) is 3.55. The molecule has 9 nitrogen and oxygen atoms in total. The maximum atomic E-state index is 13.1. The van der Waals surface area contributed by atoms with Gasteiger partial charge in [-0.05, 0) is 61.4 Å². The summed E-state index contributed by atoms with van der Waals surface area (Å²) in [5.74, 6) is -0.259. The second-order valence-electron chi connectivity index (χ2n) is 7.43. The number of alkyl halides is 3. The van der Waals surface area contributed by atoms with Crippen LogP contribution in [0.3, 0.4) is 0 Å². The fraction of sp³-hybridized carbons (Fsp3) is 0.286. The number of rotatable bonds is 6. The van der Waals surface area contributed by atoms with Crippen LogP contribution in [0.4, 0.5) is 19.2 Å². The summed E-state index contributed by atoms with van der Waals surface area (Å²) >= 11 is 0. The molecule has 1 amide bonds. The first kappa shape index (κ1) is 23.7. The molecule has 1 unspecified atom stereocenters. The molecule has 0 bridgehead atoms. The van der Waals surface area contributed by atoms with E-state index in [1.54, 1.807) is 0 Å². The zero-order valence-corrected chi connectivity index (χ0v) is 18.6. The van der Waals surface area contributed by atoms with Crippen LogP contribution in [0.1, 0.15) is 18.4 Å². The van der Waals surface area contributed by atoms with Gasteiger partial charge in [0.2, 0.25) is 21.8 Å². The molecule has 1 fully saturated rings. The first-order valence-corrected chi connectivity index (χ1v) is 11.5. The number of ether oxygens (including phenoxy) is 1. The fourth-order valence-corrected chi connectivity index (χ4v) is 5.21. The van der Waals surface area contributed by atoms with E-state index in [1.807, 2.05) is 0 Å². The molecule has 1 saturated heterocycles. The second-order valence-corrected chi connectivity index (χ2v) is 9.32. The number of anilines is 1. The van der Waals surface area contributed by atoms with Crippen molar-refractivity contribution >= 4 is 21.9 Å². The van der Waals surface area contributed by atoms with Crippen LogP contribution in [0.5, 0.6) is 5.75 Å². The number of halogens is 3. The average Bonchev–Trinajstić information content (AvgIpc) is 3.49. The summed E-state index contributed by atoms with van der Waals surface area (Å²) in [5, 5.41) is 9.82. The number of hydrogen-bond acceptors (Lipinski definition) is 7. The zero-order valence-electron chi connectivity index (χ0n) is 17.7. The van der Waals surface area contributed by atoms with E-state index in [0.29, 0.717) is 18.6 Å². The van der Waals surface area contributed by atoms with E-state index in [9.17, 15) is 26.4 Å². The molecule has 1 aliphatic rings. The van der Waals surface area contributed by atoms with Crippen molar-refractivity contribution in [2.75, 3.05) is 19.0 Å². The Kier molecular flexibility index (Phi) is 6.32. The lowest BCUT2D eigenvalue weighted by Gasteiger charge is -2.22.